The van der Waals surface area contributed by atoms with Crippen LogP contribution in [0.2, 0.25) is 0 Å². The third kappa shape index (κ3) is 4.70. The highest BCUT2D eigenvalue weighted by Gasteiger charge is 2.13. The minimum atomic E-state index is -0.0272. The molecule has 0 saturated heterocycles. The highest BCUT2D eigenvalue weighted by Crippen LogP contribution is 2.30. The molecular weight excluding hydrogens is 384 g/mol. The van der Waals surface area contributed by atoms with Gasteiger partial charge in [0.1, 0.15) is 12.4 Å². The van der Waals surface area contributed by atoms with Gasteiger partial charge in [-0.1, -0.05) is 68.4 Å². The van der Waals surface area contributed by atoms with Gasteiger partial charge in [0.2, 0.25) is 0 Å². The third-order valence-electron chi connectivity index (χ3n) is 5.26. The van der Waals surface area contributed by atoms with Gasteiger partial charge in [0.25, 0.3) is 5.56 Å². The number of pyridine rings is 1. The van der Waals surface area contributed by atoms with E-state index in [4.69, 9.17) is 10.5 Å². The van der Waals surface area contributed by atoms with E-state index in [0.29, 0.717) is 31.0 Å². The smallest absolute Gasteiger partial charge is 0.258 e. The van der Waals surface area contributed by atoms with E-state index in [-0.39, 0.29) is 5.56 Å². The summed E-state index contributed by atoms with van der Waals surface area (Å²) in [5.41, 5.74) is 9.79. The fourth-order valence-electron chi connectivity index (χ4n) is 3.66. The number of fused-ring (bicyclic) bond motifs is 1. The topological polar surface area (TPSA) is 57.2 Å². The van der Waals surface area contributed by atoms with Gasteiger partial charge in [-0.05, 0) is 40.8 Å². The number of hydrogen-bond donors (Lipinski definition) is 1. The fraction of sp³-hybridized carbons (Fsp3) is 0.222. The van der Waals surface area contributed by atoms with Gasteiger partial charge in [0.05, 0.1) is 6.20 Å². The molecule has 157 valence electrons. The molecule has 4 aromatic rings. The molecule has 0 aliphatic heterocycles. The van der Waals surface area contributed by atoms with Crippen molar-refractivity contribution in [2.75, 3.05) is 0 Å². The Morgan fingerprint density at radius 1 is 0.935 bits per heavy atom. The van der Waals surface area contributed by atoms with Crippen LogP contribution in [-0.2, 0) is 19.7 Å². The van der Waals surface area contributed by atoms with Crippen LogP contribution in [-0.4, -0.2) is 4.57 Å². The average Bonchev–Trinajstić information content (AvgIpc) is 2.80. The van der Waals surface area contributed by atoms with Crippen molar-refractivity contribution in [1.29, 1.82) is 0 Å². The summed E-state index contributed by atoms with van der Waals surface area (Å²) >= 11 is 0. The Hall–Kier alpha value is -3.37. The van der Waals surface area contributed by atoms with Crippen molar-refractivity contribution in [3.05, 3.63) is 100 Å². The van der Waals surface area contributed by atoms with Crippen molar-refractivity contribution in [2.45, 2.75) is 33.5 Å². The molecule has 4 rings (SSSR count). The van der Waals surface area contributed by atoms with Crippen LogP contribution in [0, 0.1) is 12.1 Å². The Labute approximate surface area is 182 Å². The predicted molar refractivity (Wildman–Crippen MR) is 126 cm³/mol. The van der Waals surface area contributed by atoms with Gasteiger partial charge < -0.3 is 15.0 Å². The maximum Gasteiger partial charge on any atom is 0.258 e. The lowest BCUT2D eigenvalue weighted by atomic mass is 9.99. The van der Waals surface area contributed by atoms with Crippen LogP contribution < -0.4 is 16.0 Å². The molecule has 4 nitrogen and oxygen atoms in total. The van der Waals surface area contributed by atoms with E-state index in [1.807, 2.05) is 72.8 Å². The van der Waals surface area contributed by atoms with Crippen molar-refractivity contribution < 1.29 is 4.74 Å². The van der Waals surface area contributed by atoms with E-state index < -0.39 is 0 Å². The summed E-state index contributed by atoms with van der Waals surface area (Å²) < 4.78 is 7.72. The van der Waals surface area contributed by atoms with Crippen molar-refractivity contribution >= 4 is 10.8 Å². The molecule has 31 heavy (non-hydrogen) atoms. The molecule has 0 aliphatic rings. The van der Waals surface area contributed by atoms with Crippen molar-refractivity contribution in [2.24, 2.45) is 11.7 Å². The maximum atomic E-state index is 13.1. The first-order chi connectivity index (χ1) is 15.0. The van der Waals surface area contributed by atoms with E-state index in [1.165, 1.54) is 0 Å². The molecule has 0 fully saturated rings. The molecule has 2 N–H and O–H groups in total. The molecule has 0 bridgehead atoms. The Bertz CT molecular complexity index is 1230. The second-order valence-corrected chi connectivity index (χ2v) is 8.18. The first kappa shape index (κ1) is 20.9. The van der Waals surface area contributed by atoms with Gasteiger partial charge in [-0.25, -0.2) is 0 Å². The van der Waals surface area contributed by atoms with Gasteiger partial charge in [-0.2, -0.15) is 0 Å². The molecule has 0 spiro atoms. The van der Waals surface area contributed by atoms with E-state index in [1.54, 1.807) is 4.57 Å². The summed E-state index contributed by atoms with van der Waals surface area (Å²) in [6.45, 7) is 5.78. The number of hydrogen-bond acceptors (Lipinski definition) is 3. The first-order valence-electron chi connectivity index (χ1n) is 10.6. The highest BCUT2D eigenvalue weighted by atomic mass is 16.5. The maximum absolute atomic E-state index is 13.1. The van der Waals surface area contributed by atoms with Gasteiger partial charge in [-0.15, -0.1) is 0 Å². The Kier molecular flexibility index (Phi) is 6.19. The van der Waals surface area contributed by atoms with Crippen LogP contribution >= 0.6 is 0 Å². The highest BCUT2D eigenvalue weighted by molar-refractivity contribution is 5.96. The molecule has 0 unspecified atom stereocenters. The summed E-state index contributed by atoms with van der Waals surface area (Å²) in [6, 6.07) is 23.8. The lowest BCUT2D eigenvalue weighted by molar-refractivity contribution is 0.306. The molecule has 0 aliphatic carbocycles. The lowest BCUT2D eigenvalue weighted by Crippen LogP contribution is -2.23. The summed E-state index contributed by atoms with van der Waals surface area (Å²) in [5, 5.41) is 1.51. The summed E-state index contributed by atoms with van der Waals surface area (Å²) in [7, 11) is 0. The van der Waals surface area contributed by atoms with Crippen LogP contribution in [0.3, 0.4) is 0 Å². The first-order valence-corrected chi connectivity index (χ1v) is 10.6. The zero-order chi connectivity index (χ0) is 21.8. The minimum Gasteiger partial charge on any atom is -0.489 e. The molecule has 3 aromatic carbocycles. The number of nitrogens with zero attached hydrogens (tertiary/aromatic N) is 1. The van der Waals surface area contributed by atoms with Gasteiger partial charge in [0, 0.05) is 29.4 Å². The Balaban J connectivity index is 1.80. The molecule has 0 amide bonds. The zero-order valence-corrected chi connectivity index (χ0v) is 18.0. The molecule has 0 saturated carbocycles. The van der Waals surface area contributed by atoms with Crippen LogP contribution in [0.15, 0.2) is 77.6 Å². The fourth-order valence-corrected chi connectivity index (χ4v) is 3.66. The van der Waals surface area contributed by atoms with E-state index in [9.17, 15) is 4.79 Å². The quantitative estimate of drug-likeness (QED) is 0.457. The van der Waals surface area contributed by atoms with E-state index in [2.05, 4.69) is 20.0 Å². The predicted octanol–water partition coefficient (Wildman–Crippen LogP) is 5.16. The van der Waals surface area contributed by atoms with E-state index >= 15 is 0 Å². The Morgan fingerprint density at radius 2 is 1.68 bits per heavy atom. The monoisotopic (exact) mass is 411 g/mol. The van der Waals surface area contributed by atoms with Crippen molar-refractivity contribution in [3.8, 4) is 16.9 Å². The Morgan fingerprint density at radius 3 is 2.35 bits per heavy atom. The average molecular weight is 412 g/mol. The molecule has 1 aromatic heterocycles. The molecule has 1 heterocycles. The number of nitrogens with two attached hydrogens (primary N) is 1. The molecular formula is C27H27N2O2. The molecule has 1 radical (unpaired) electrons. The summed E-state index contributed by atoms with van der Waals surface area (Å²) in [5.74, 6) is 1.07. The van der Waals surface area contributed by atoms with Crippen LogP contribution in [0.1, 0.15) is 25.0 Å². The summed E-state index contributed by atoms with van der Waals surface area (Å²) in [6.07, 6.45) is 3.36. The number of rotatable bonds is 7. The number of benzene rings is 3. The normalized spacial score (nSPS) is 11.2. The molecule has 4 heteroatoms. The lowest BCUT2D eigenvalue weighted by Gasteiger charge is -2.15. The van der Waals surface area contributed by atoms with Gasteiger partial charge in [0.15, 0.2) is 0 Å². The van der Waals surface area contributed by atoms with Crippen molar-refractivity contribution in [1.82, 2.24) is 4.57 Å². The third-order valence-corrected chi connectivity index (χ3v) is 5.26. The SMILES string of the molecule is CC(C)Cn1[c]c(-c2ccc(CN)cc2)c2cc(OCc3ccccc3)ccc2c1=O. The number of aromatic nitrogens is 1. The number of ether oxygens (including phenoxy) is 1. The van der Waals surface area contributed by atoms with Gasteiger partial charge in [-0.3, -0.25) is 4.79 Å². The second-order valence-electron chi connectivity index (χ2n) is 8.18. The van der Waals surface area contributed by atoms with Crippen LogP contribution in [0.25, 0.3) is 21.9 Å². The largest absolute Gasteiger partial charge is 0.489 e. The zero-order valence-electron chi connectivity index (χ0n) is 18.0. The minimum absolute atomic E-state index is 0.0272. The second kappa shape index (κ2) is 9.19. The standard InChI is InChI=1S/C27H27N2O2/c1-19(2)16-29-17-26(22-10-8-20(15-28)9-11-22)25-14-23(12-13-24(25)27(29)30)31-18-21-6-4-3-5-7-21/h3-14,19H,15-16,18,28H2,1-2H3. The van der Waals surface area contributed by atoms with Crippen LogP contribution in [0.4, 0.5) is 0 Å². The van der Waals surface area contributed by atoms with E-state index in [0.717, 1.165) is 33.4 Å². The van der Waals surface area contributed by atoms with Crippen molar-refractivity contribution in [3.63, 3.8) is 0 Å². The molecule has 0 atom stereocenters. The summed E-state index contributed by atoms with van der Waals surface area (Å²) in [4.78, 5) is 13.1. The van der Waals surface area contributed by atoms with Crippen LogP contribution in [0.5, 0.6) is 5.75 Å². The van der Waals surface area contributed by atoms with Gasteiger partial charge >= 0.3 is 0 Å².